The molecule has 1 aromatic rings. The summed E-state index contributed by atoms with van der Waals surface area (Å²) in [7, 11) is 0. The highest BCUT2D eigenvalue weighted by Crippen LogP contribution is 2.34. The van der Waals surface area contributed by atoms with Gasteiger partial charge in [-0.05, 0) is 31.2 Å². The molecule has 2 bridgehead atoms. The van der Waals surface area contributed by atoms with Gasteiger partial charge in [0, 0.05) is 18.6 Å². The minimum atomic E-state index is 0.754. The lowest BCUT2D eigenvalue weighted by molar-refractivity contribution is 0.0603. The van der Waals surface area contributed by atoms with Gasteiger partial charge in [-0.15, -0.1) is 0 Å². The molecule has 18 heavy (non-hydrogen) atoms. The fourth-order valence-corrected chi connectivity index (χ4v) is 3.52. The highest BCUT2D eigenvalue weighted by Gasteiger charge is 2.35. The first-order valence-corrected chi connectivity index (χ1v) is 7.31. The average molecular weight is 245 g/mol. The summed E-state index contributed by atoms with van der Waals surface area (Å²) in [6, 6.07) is 12.2. The SMILES string of the molecule is c1ccc(COCCN2C3CCCC2CC3)cc1. The number of hydrogen-bond acceptors (Lipinski definition) is 2. The summed E-state index contributed by atoms with van der Waals surface area (Å²) in [6.07, 6.45) is 7.10. The molecule has 0 aromatic heterocycles. The fourth-order valence-electron chi connectivity index (χ4n) is 3.52. The van der Waals surface area contributed by atoms with Crippen LogP contribution in [0.5, 0.6) is 0 Å². The monoisotopic (exact) mass is 245 g/mol. The molecular formula is C16H23NO. The summed E-state index contributed by atoms with van der Waals surface area (Å²) in [4.78, 5) is 2.70. The lowest BCUT2D eigenvalue weighted by Crippen LogP contribution is -2.41. The Hall–Kier alpha value is -0.860. The standard InChI is InChI=1S/C16H23NO/c1-2-5-14(6-3-1)13-18-12-11-17-15-7-4-8-16(17)10-9-15/h1-3,5-6,15-16H,4,7-13H2. The molecular weight excluding hydrogens is 222 g/mol. The van der Waals surface area contributed by atoms with E-state index >= 15 is 0 Å². The molecule has 2 fully saturated rings. The van der Waals surface area contributed by atoms with Crippen LogP contribution in [0, 0.1) is 0 Å². The Morgan fingerprint density at radius 3 is 2.44 bits per heavy atom. The number of hydrogen-bond donors (Lipinski definition) is 0. The maximum Gasteiger partial charge on any atom is 0.0717 e. The molecule has 2 saturated heterocycles. The van der Waals surface area contributed by atoms with Crippen LogP contribution in [0.1, 0.15) is 37.7 Å². The number of piperidine rings is 1. The van der Waals surface area contributed by atoms with E-state index in [0.717, 1.165) is 31.8 Å². The van der Waals surface area contributed by atoms with Crippen molar-refractivity contribution in [1.29, 1.82) is 0 Å². The Morgan fingerprint density at radius 1 is 1.00 bits per heavy atom. The molecule has 2 aliphatic rings. The van der Waals surface area contributed by atoms with E-state index < -0.39 is 0 Å². The summed E-state index contributed by atoms with van der Waals surface area (Å²) >= 11 is 0. The summed E-state index contributed by atoms with van der Waals surface area (Å²) < 4.78 is 5.81. The number of rotatable bonds is 5. The minimum absolute atomic E-state index is 0.754. The molecule has 2 heterocycles. The fraction of sp³-hybridized carbons (Fsp3) is 0.625. The molecule has 2 unspecified atom stereocenters. The Labute approximate surface area is 110 Å². The molecule has 2 heteroatoms. The molecule has 0 aliphatic carbocycles. The van der Waals surface area contributed by atoms with E-state index in [1.54, 1.807) is 0 Å². The molecule has 0 amide bonds. The number of fused-ring (bicyclic) bond motifs is 2. The molecule has 0 N–H and O–H groups in total. The van der Waals surface area contributed by atoms with Crippen molar-refractivity contribution in [3.8, 4) is 0 Å². The molecule has 0 spiro atoms. The van der Waals surface area contributed by atoms with Gasteiger partial charge in [0.2, 0.25) is 0 Å². The molecule has 1 aromatic carbocycles. The third kappa shape index (κ3) is 2.76. The van der Waals surface area contributed by atoms with Crippen molar-refractivity contribution >= 4 is 0 Å². The van der Waals surface area contributed by atoms with Gasteiger partial charge in [0.15, 0.2) is 0 Å². The van der Waals surface area contributed by atoms with Crippen LogP contribution in [0.3, 0.4) is 0 Å². The van der Waals surface area contributed by atoms with Crippen molar-refractivity contribution in [1.82, 2.24) is 4.90 Å². The van der Waals surface area contributed by atoms with E-state index in [1.807, 2.05) is 0 Å². The predicted octanol–water partition coefficient (Wildman–Crippen LogP) is 3.22. The second-order valence-electron chi connectivity index (χ2n) is 5.59. The summed E-state index contributed by atoms with van der Waals surface area (Å²) in [5.74, 6) is 0. The maximum atomic E-state index is 5.81. The first-order valence-electron chi connectivity index (χ1n) is 7.31. The van der Waals surface area contributed by atoms with Crippen molar-refractivity contribution in [2.75, 3.05) is 13.2 Å². The van der Waals surface area contributed by atoms with E-state index in [1.165, 1.54) is 37.7 Å². The van der Waals surface area contributed by atoms with E-state index in [2.05, 4.69) is 35.2 Å². The molecule has 0 radical (unpaired) electrons. The van der Waals surface area contributed by atoms with Crippen LogP contribution in [0.25, 0.3) is 0 Å². The maximum absolute atomic E-state index is 5.81. The quantitative estimate of drug-likeness (QED) is 0.739. The van der Waals surface area contributed by atoms with Gasteiger partial charge in [-0.1, -0.05) is 36.8 Å². The van der Waals surface area contributed by atoms with Crippen molar-refractivity contribution in [3.05, 3.63) is 35.9 Å². The lowest BCUT2D eigenvalue weighted by atomic mass is 10.0. The highest BCUT2D eigenvalue weighted by atomic mass is 16.5. The summed E-state index contributed by atoms with van der Waals surface area (Å²) in [6.45, 7) is 2.76. The van der Waals surface area contributed by atoms with Crippen LogP contribution < -0.4 is 0 Å². The van der Waals surface area contributed by atoms with Gasteiger partial charge < -0.3 is 4.74 Å². The summed E-state index contributed by atoms with van der Waals surface area (Å²) in [5, 5.41) is 0. The third-order valence-electron chi connectivity index (χ3n) is 4.45. The van der Waals surface area contributed by atoms with E-state index in [4.69, 9.17) is 4.74 Å². The predicted molar refractivity (Wildman–Crippen MR) is 73.5 cm³/mol. The molecule has 2 atom stereocenters. The highest BCUT2D eigenvalue weighted by molar-refractivity contribution is 5.13. The Morgan fingerprint density at radius 2 is 1.72 bits per heavy atom. The van der Waals surface area contributed by atoms with E-state index in [-0.39, 0.29) is 0 Å². The number of benzene rings is 1. The zero-order valence-corrected chi connectivity index (χ0v) is 11.1. The first-order chi connectivity index (χ1) is 8.93. The van der Waals surface area contributed by atoms with Crippen LogP contribution in [-0.4, -0.2) is 30.1 Å². The largest absolute Gasteiger partial charge is 0.375 e. The van der Waals surface area contributed by atoms with Crippen LogP contribution in [0.4, 0.5) is 0 Å². The van der Waals surface area contributed by atoms with Gasteiger partial charge in [-0.3, -0.25) is 4.90 Å². The van der Waals surface area contributed by atoms with Crippen molar-refractivity contribution in [2.24, 2.45) is 0 Å². The molecule has 98 valence electrons. The summed E-state index contributed by atoms with van der Waals surface area (Å²) in [5.41, 5.74) is 1.28. The first kappa shape index (κ1) is 12.2. The van der Waals surface area contributed by atoms with Gasteiger partial charge in [0.05, 0.1) is 13.2 Å². The molecule has 0 saturated carbocycles. The molecule has 3 rings (SSSR count). The van der Waals surface area contributed by atoms with Crippen molar-refractivity contribution < 1.29 is 4.74 Å². The van der Waals surface area contributed by atoms with Crippen LogP contribution in [0.2, 0.25) is 0 Å². The second-order valence-corrected chi connectivity index (χ2v) is 5.59. The van der Waals surface area contributed by atoms with Gasteiger partial charge in [-0.2, -0.15) is 0 Å². The Bertz CT molecular complexity index is 349. The van der Waals surface area contributed by atoms with Crippen molar-refractivity contribution in [3.63, 3.8) is 0 Å². The lowest BCUT2D eigenvalue weighted by Gasteiger charge is -2.34. The van der Waals surface area contributed by atoms with E-state index in [9.17, 15) is 0 Å². The van der Waals surface area contributed by atoms with E-state index in [0.29, 0.717) is 0 Å². The normalized spacial score (nSPS) is 27.6. The minimum Gasteiger partial charge on any atom is -0.375 e. The van der Waals surface area contributed by atoms with Gasteiger partial charge in [0.1, 0.15) is 0 Å². The smallest absolute Gasteiger partial charge is 0.0717 e. The van der Waals surface area contributed by atoms with Crippen LogP contribution >= 0.6 is 0 Å². The third-order valence-corrected chi connectivity index (χ3v) is 4.45. The second kappa shape index (κ2) is 5.85. The Kier molecular flexibility index (Phi) is 3.96. The number of nitrogens with zero attached hydrogens (tertiary/aromatic N) is 1. The molecule has 2 nitrogen and oxygen atoms in total. The van der Waals surface area contributed by atoms with Crippen LogP contribution in [0.15, 0.2) is 30.3 Å². The zero-order chi connectivity index (χ0) is 12.2. The van der Waals surface area contributed by atoms with Crippen LogP contribution in [-0.2, 0) is 11.3 Å². The number of ether oxygens (including phenoxy) is 1. The van der Waals surface area contributed by atoms with Gasteiger partial charge in [0.25, 0.3) is 0 Å². The van der Waals surface area contributed by atoms with Gasteiger partial charge in [-0.25, -0.2) is 0 Å². The zero-order valence-electron chi connectivity index (χ0n) is 11.1. The topological polar surface area (TPSA) is 12.5 Å². The van der Waals surface area contributed by atoms with Gasteiger partial charge >= 0.3 is 0 Å². The average Bonchev–Trinajstić information content (AvgIpc) is 2.64. The van der Waals surface area contributed by atoms with Crippen molar-refractivity contribution in [2.45, 2.75) is 50.8 Å². The molecule has 2 aliphatic heterocycles. The Balaban J connectivity index is 1.40.